The van der Waals surface area contributed by atoms with Crippen molar-refractivity contribution < 1.29 is 23.9 Å². The lowest BCUT2D eigenvalue weighted by atomic mass is 10.1. The van der Waals surface area contributed by atoms with Crippen LogP contribution in [-0.4, -0.2) is 28.9 Å². The quantitative estimate of drug-likeness (QED) is 0.661. The van der Waals surface area contributed by atoms with Crippen LogP contribution in [0.1, 0.15) is 29.0 Å². The van der Waals surface area contributed by atoms with Gasteiger partial charge in [0.2, 0.25) is 5.91 Å². The maximum Gasteiger partial charge on any atom is 0.326 e. The Kier molecular flexibility index (Phi) is 4.47. The van der Waals surface area contributed by atoms with Gasteiger partial charge in [0, 0.05) is 6.42 Å². The van der Waals surface area contributed by atoms with Gasteiger partial charge in [0.15, 0.2) is 0 Å². The van der Waals surface area contributed by atoms with Gasteiger partial charge in [0.1, 0.15) is 11.8 Å². The van der Waals surface area contributed by atoms with Crippen molar-refractivity contribution in [1.82, 2.24) is 5.32 Å². The Morgan fingerprint density at radius 3 is 2.61 bits per heavy atom. The number of rotatable bonds is 6. The molecular weight excluding hydrogens is 240 g/mol. The zero-order chi connectivity index (χ0) is 13.7. The van der Waals surface area contributed by atoms with Crippen LogP contribution in [0.25, 0.3) is 0 Å². The van der Waals surface area contributed by atoms with E-state index in [-0.39, 0.29) is 18.4 Å². The van der Waals surface area contributed by atoms with Crippen molar-refractivity contribution in [2.24, 2.45) is 5.73 Å². The van der Waals surface area contributed by atoms with E-state index < -0.39 is 23.8 Å². The highest BCUT2D eigenvalue weighted by molar-refractivity contribution is 5.97. The van der Waals surface area contributed by atoms with E-state index in [9.17, 15) is 14.4 Å². The van der Waals surface area contributed by atoms with Crippen molar-refractivity contribution in [2.45, 2.75) is 25.8 Å². The van der Waals surface area contributed by atoms with E-state index in [0.29, 0.717) is 5.76 Å². The number of carboxylic acids is 1. The summed E-state index contributed by atoms with van der Waals surface area (Å²) in [6, 6.07) is 0.289. The van der Waals surface area contributed by atoms with E-state index in [2.05, 4.69) is 5.32 Å². The summed E-state index contributed by atoms with van der Waals surface area (Å²) in [6.07, 6.45) is 1.18. The molecule has 0 aliphatic heterocycles. The lowest BCUT2D eigenvalue weighted by Gasteiger charge is -2.13. The molecule has 1 atom stereocenters. The second-order valence-corrected chi connectivity index (χ2v) is 3.76. The average Bonchev–Trinajstić information content (AvgIpc) is 2.69. The molecule has 0 fully saturated rings. The Bertz CT molecular complexity index is 466. The number of aryl methyl sites for hydroxylation is 1. The number of amides is 2. The van der Waals surface area contributed by atoms with Gasteiger partial charge in [0.05, 0.1) is 11.8 Å². The summed E-state index contributed by atoms with van der Waals surface area (Å²) < 4.78 is 4.94. The molecule has 98 valence electrons. The van der Waals surface area contributed by atoms with E-state index in [1.807, 2.05) is 0 Å². The minimum Gasteiger partial charge on any atom is -0.480 e. The van der Waals surface area contributed by atoms with Crippen molar-refractivity contribution in [1.29, 1.82) is 0 Å². The Labute approximate surface area is 103 Å². The summed E-state index contributed by atoms with van der Waals surface area (Å²) in [5, 5.41) is 11.2. The summed E-state index contributed by atoms with van der Waals surface area (Å²) in [7, 11) is 0. The van der Waals surface area contributed by atoms with Gasteiger partial charge < -0.3 is 20.6 Å². The highest BCUT2D eigenvalue weighted by Gasteiger charge is 2.22. The fourth-order valence-corrected chi connectivity index (χ4v) is 1.40. The Hall–Kier alpha value is -2.31. The van der Waals surface area contributed by atoms with E-state index in [0.717, 1.165) is 0 Å². The van der Waals surface area contributed by atoms with Crippen LogP contribution in [0.15, 0.2) is 16.7 Å². The van der Waals surface area contributed by atoms with Crippen molar-refractivity contribution in [3.63, 3.8) is 0 Å². The number of nitrogens with two attached hydrogens (primary N) is 1. The number of carboxylic acid groups (broad SMARTS) is 1. The molecule has 1 heterocycles. The number of hydrogen-bond donors (Lipinski definition) is 3. The van der Waals surface area contributed by atoms with Gasteiger partial charge in [-0.3, -0.25) is 9.59 Å². The molecule has 0 aromatic carbocycles. The first kappa shape index (κ1) is 13.8. The molecule has 0 radical (unpaired) electrons. The number of carbonyl (C=O) groups is 3. The highest BCUT2D eigenvalue weighted by atomic mass is 16.4. The van der Waals surface area contributed by atoms with Gasteiger partial charge in [-0.15, -0.1) is 0 Å². The van der Waals surface area contributed by atoms with E-state index in [1.54, 1.807) is 6.92 Å². The molecule has 0 aliphatic carbocycles. The number of furan rings is 1. The molecule has 18 heavy (non-hydrogen) atoms. The molecule has 0 bridgehead atoms. The van der Waals surface area contributed by atoms with Crippen molar-refractivity contribution >= 4 is 17.8 Å². The Balaban J connectivity index is 2.67. The molecule has 0 aliphatic rings. The molecule has 2 amide bonds. The molecule has 7 nitrogen and oxygen atoms in total. The lowest BCUT2D eigenvalue weighted by Crippen LogP contribution is -2.41. The maximum atomic E-state index is 11.7. The van der Waals surface area contributed by atoms with Crippen LogP contribution in [0.3, 0.4) is 0 Å². The first-order valence-corrected chi connectivity index (χ1v) is 5.28. The van der Waals surface area contributed by atoms with Crippen LogP contribution >= 0.6 is 0 Å². The molecule has 1 aromatic rings. The topological polar surface area (TPSA) is 123 Å². The van der Waals surface area contributed by atoms with Crippen molar-refractivity contribution in [2.75, 3.05) is 0 Å². The summed E-state index contributed by atoms with van der Waals surface area (Å²) >= 11 is 0. The predicted molar refractivity (Wildman–Crippen MR) is 60.8 cm³/mol. The van der Waals surface area contributed by atoms with Gasteiger partial charge in [-0.05, 0) is 19.4 Å². The number of hydrogen-bond acceptors (Lipinski definition) is 4. The smallest absolute Gasteiger partial charge is 0.326 e. The molecular formula is C11H14N2O5. The molecule has 1 rings (SSSR count). The largest absolute Gasteiger partial charge is 0.480 e. The number of aliphatic carboxylic acids is 1. The average molecular weight is 254 g/mol. The Morgan fingerprint density at radius 2 is 2.17 bits per heavy atom. The molecule has 0 saturated carbocycles. The zero-order valence-corrected chi connectivity index (χ0v) is 9.80. The van der Waals surface area contributed by atoms with Crippen LogP contribution in [0.5, 0.6) is 0 Å². The standard InChI is InChI=1S/C11H14N2O5/c1-6-7(4-5-18-6)10(15)13-8(11(16)17)2-3-9(12)14/h4-5,8H,2-3H2,1H3,(H2,12,14)(H,13,15)(H,16,17)/t8-/m0/s1. The number of nitrogens with one attached hydrogen (secondary N) is 1. The third-order valence-electron chi connectivity index (χ3n) is 2.39. The van der Waals surface area contributed by atoms with E-state index >= 15 is 0 Å². The molecule has 0 unspecified atom stereocenters. The Morgan fingerprint density at radius 1 is 1.50 bits per heavy atom. The summed E-state index contributed by atoms with van der Waals surface area (Å²) in [6.45, 7) is 1.59. The predicted octanol–water partition coefficient (Wildman–Crippen LogP) is 0.0365. The van der Waals surface area contributed by atoms with Crippen LogP contribution in [0, 0.1) is 6.92 Å². The van der Waals surface area contributed by atoms with Crippen LogP contribution in [0.2, 0.25) is 0 Å². The summed E-state index contributed by atoms with van der Waals surface area (Å²) in [4.78, 5) is 33.2. The lowest BCUT2D eigenvalue weighted by molar-refractivity contribution is -0.139. The van der Waals surface area contributed by atoms with Gasteiger partial charge in [0.25, 0.3) is 5.91 Å². The number of primary amides is 1. The fourth-order valence-electron chi connectivity index (χ4n) is 1.40. The first-order chi connectivity index (χ1) is 8.41. The van der Waals surface area contributed by atoms with Gasteiger partial charge >= 0.3 is 5.97 Å². The highest BCUT2D eigenvalue weighted by Crippen LogP contribution is 2.09. The molecule has 7 heteroatoms. The van der Waals surface area contributed by atoms with E-state index in [4.69, 9.17) is 15.3 Å². The molecule has 4 N–H and O–H groups in total. The van der Waals surface area contributed by atoms with Crippen LogP contribution in [0.4, 0.5) is 0 Å². The maximum absolute atomic E-state index is 11.7. The summed E-state index contributed by atoms with van der Waals surface area (Å²) in [5.41, 5.74) is 5.20. The summed E-state index contributed by atoms with van der Waals surface area (Å²) in [5.74, 6) is -2.00. The van der Waals surface area contributed by atoms with Crippen LogP contribution < -0.4 is 11.1 Å². The first-order valence-electron chi connectivity index (χ1n) is 5.28. The normalized spacial score (nSPS) is 11.8. The second-order valence-electron chi connectivity index (χ2n) is 3.76. The third kappa shape index (κ3) is 3.62. The monoisotopic (exact) mass is 254 g/mol. The third-order valence-corrected chi connectivity index (χ3v) is 2.39. The van der Waals surface area contributed by atoms with Gasteiger partial charge in [-0.2, -0.15) is 0 Å². The second kappa shape index (κ2) is 5.85. The van der Waals surface area contributed by atoms with Crippen LogP contribution in [-0.2, 0) is 9.59 Å². The molecule has 1 aromatic heterocycles. The SMILES string of the molecule is Cc1occc1C(=O)N[C@@H](CCC(N)=O)C(=O)O. The van der Waals surface area contributed by atoms with E-state index in [1.165, 1.54) is 12.3 Å². The minimum absolute atomic E-state index is 0.0483. The van der Waals surface area contributed by atoms with Crippen molar-refractivity contribution in [3.05, 3.63) is 23.7 Å². The molecule has 0 saturated heterocycles. The zero-order valence-electron chi connectivity index (χ0n) is 9.80. The van der Waals surface area contributed by atoms with Gasteiger partial charge in [-0.25, -0.2) is 4.79 Å². The number of carbonyl (C=O) groups excluding carboxylic acids is 2. The molecule has 0 spiro atoms. The van der Waals surface area contributed by atoms with Gasteiger partial charge in [-0.1, -0.05) is 0 Å². The fraction of sp³-hybridized carbons (Fsp3) is 0.364. The van der Waals surface area contributed by atoms with Crippen molar-refractivity contribution in [3.8, 4) is 0 Å². The minimum atomic E-state index is -1.22.